The average Bonchev–Trinajstić information content (AvgIpc) is 2.75. The van der Waals surface area contributed by atoms with Crippen LogP contribution in [0.4, 0.5) is 11.7 Å². The number of ketones is 1. The summed E-state index contributed by atoms with van der Waals surface area (Å²) < 4.78 is 10.5. The number of carbonyl (C=O) groups excluding carboxylic acids is 2. The number of aromatic nitrogens is 2. The van der Waals surface area contributed by atoms with Crippen LogP contribution in [0.25, 0.3) is 0 Å². The zero-order valence-electron chi connectivity index (χ0n) is 12.9. The summed E-state index contributed by atoms with van der Waals surface area (Å²) in [6.07, 6.45) is 1.39. The van der Waals surface area contributed by atoms with Crippen LogP contribution in [-0.2, 0) is 4.74 Å². The number of hydrogen-bond donors (Lipinski definition) is 1. The molecule has 0 saturated heterocycles. The number of aryl methyl sites for hydroxylation is 2. The van der Waals surface area contributed by atoms with Gasteiger partial charge in [0.15, 0.2) is 5.78 Å². The van der Waals surface area contributed by atoms with Crippen LogP contribution in [0, 0.1) is 13.8 Å². The highest BCUT2D eigenvalue weighted by molar-refractivity contribution is 6.09. The predicted molar refractivity (Wildman–Crippen MR) is 79.5 cm³/mol. The van der Waals surface area contributed by atoms with Gasteiger partial charge in [0, 0.05) is 11.8 Å². The lowest BCUT2D eigenvalue weighted by Gasteiger charge is -2.06. The molecule has 2 aromatic heterocycles. The van der Waals surface area contributed by atoms with Crippen LogP contribution >= 0.6 is 0 Å². The predicted octanol–water partition coefficient (Wildman–Crippen LogP) is 2.81. The molecule has 116 valence electrons. The lowest BCUT2D eigenvalue weighted by Crippen LogP contribution is -2.11. The number of Topliss-reactive ketones (excluding diaryl/α,β-unsaturated/α-hetero) is 1. The zero-order chi connectivity index (χ0) is 16.3. The third-order valence-corrected chi connectivity index (χ3v) is 2.96. The number of rotatable bonds is 5. The molecule has 1 N–H and O–H groups in total. The Morgan fingerprint density at radius 1 is 1.27 bits per heavy atom. The van der Waals surface area contributed by atoms with Crippen LogP contribution in [0.3, 0.4) is 0 Å². The Kier molecular flexibility index (Phi) is 4.55. The van der Waals surface area contributed by atoms with E-state index in [0.29, 0.717) is 11.6 Å². The Bertz CT molecular complexity index is 722. The minimum atomic E-state index is -0.613. The molecule has 0 aliphatic carbocycles. The number of furan rings is 1. The van der Waals surface area contributed by atoms with E-state index in [-0.39, 0.29) is 29.4 Å². The molecular formula is C15H17N3O4. The van der Waals surface area contributed by atoms with Gasteiger partial charge in [-0.25, -0.2) is 14.8 Å². The van der Waals surface area contributed by atoms with Gasteiger partial charge < -0.3 is 14.5 Å². The molecule has 0 spiro atoms. The molecule has 7 nitrogen and oxygen atoms in total. The smallest absolute Gasteiger partial charge is 0.344 e. The van der Waals surface area contributed by atoms with Crippen molar-refractivity contribution in [1.82, 2.24) is 9.97 Å². The minimum Gasteiger partial charge on any atom is -0.462 e. The minimum absolute atomic E-state index is 0.0862. The lowest BCUT2D eigenvalue weighted by atomic mass is 10.1. The molecule has 0 aromatic carbocycles. The second-order valence-corrected chi connectivity index (χ2v) is 4.68. The first kappa shape index (κ1) is 15.7. The van der Waals surface area contributed by atoms with Crippen molar-refractivity contribution in [2.75, 3.05) is 11.9 Å². The van der Waals surface area contributed by atoms with Gasteiger partial charge in [0.25, 0.3) is 0 Å². The van der Waals surface area contributed by atoms with E-state index in [1.165, 1.54) is 13.3 Å². The maximum atomic E-state index is 12.2. The second-order valence-electron chi connectivity index (χ2n) is 4.68. The summed E-state index contributed by atoms with van der Waals surface area (Å²) in [5.41, 5.74) is 1.06. The monoisotopic (exact) mass is 303 g/mol. The van der Waals surface area contributed by atoms with Crippen molar-refractivity contribution in [3.05, 3.63) is 35.0 Å². The van der Waals surface area contributed by atoms with E-state index in [9.17, 15) is 9.59 Å². The Labute approximate surface area is 127 Å². The zero-order valence-corrected chi connectivity index (χ0v) is 12.9. The van der Waals surface area contributed by atoms with Gasteiger partial charge in [-0.2, -0.15) is 0 Å². The van der Waals surface area contributed by atoms with Crippen LogP contribution in [-0.4, -0.2) is 28.3 Å². The van der Waals surface area contributed by atoms with Gasteiger partial charge in [-0.05, 0) is 27.7 Å². The van der Waals surface area contributed by atoms with Crippen molar-refractivity contribution in [3.63, 3.8) is 0 Å². The first-order valence-corrected chi connectivity index (χ1v) is 6.81. The molecule has 0 aliphatic heterocycles. The van der Waals surface area contributed by atoms with Gasteiger partial charge in [0.05, 0.1) is 12.2 Å². The summed E-state index contributed by atoms with van der Waals surface area (Å²) in [4.78, 5) is 32.0. The van der Waals surface area contributed by atoms with E-state index in [1.807, 2.05) is 6.92 Å². The summed E-state index contributed by atoms with van der Waals surface area (Å²) in [6, 6.07) is 1.69. The molecule has 0 atom stereocenters. The van der Waals surface area contributed by atoms with Crippen molar-refractivity contribution in [2.45, 2.75) is 27.7 Å². The summed E-state index contributed by atoms with van der Waals surface area (Å²) in [6.45, 7) is 6.70. The standard InChI is InChI=1S/C15H17N3O4/c1-5-21-15(20)13-12(9(3)19)10(4)22-14(13)18-11-6-8(2)16-7-17-11/h6-7H,5H2,1-4H3,(H,16,17,18). The number of nitrogens with one attached hydrogen (secondary N) is 1. The first-order chi connectivity index (χ1) is 10.4. The molecule has 0 saturated carbocycles. The lowest BCUT2D eigenvalue weighted by molar-refractivity contribution is 0.0524. The number of esters is 1. The number of ether oxygens (including phenoxy) is 1. The van der Waals surface area contributed by atoms with Crippen molar-refractivity contribution in [3.8, 4) is 0 Å². The molecular weight excluding hydrogens is 286 g/mol. The molecule has 0 bridgehead atoms. The quantitative estimate of drug-likeness (QED) is 0.670. The number of hydrogen-bond acceptors (Lipinski definition) is 7. The fourth-order valence-corrected chi connectivity index (χ4v) is 2.09. The largest absolute Gasteiger partial charge is 0.462 e. The van der Waals surface area contributed by atoms with Crippen LogP contribution in [0.5, 0.6) is 0 Å². The third kappa shape index (κ3) is 3.13. The molecule has 0 aliphatic rings. The number of nitrogens with zero attached hydrogens (tertiary/aromatic N) is 2. The van der Waals surface area contributed by atoms with Crippen LogP contribution in [0.15, 0.2) is 16.8 Å². The molecule has 2 heterocycles. The third-order valence-electron chi connectivity index (χ3n) is 2.96. The van der Waals surface area contributed by atoms with Gasteiger partial charge in [-0.1, -0.05) is 0 Å². The molecule has 0 amide bonds. The van der Waals surface area contributed by atoms with Gasteiger partial charge in [-0.3, -0.25) is 4.79 Å². The highest BCUT2D eigenvalue weighted by Crippen LogP contribution is 2.30. The first-order valence-electron chi connectivity index (χ1n) is 6.81. The Morgan fingerprint density at radius 3 is 2.59 bits per heavy atom. The van der Waals surface area contributed by atoms with E-state index in [4.69, 9.17) is 9.15 Å². The molecule has 0 unspecified atom stereocenters. The Hall–Kier alpha value is -2.70. The number of carbonyl (C=O) groups is 2. The topological polar surface area (TPSA) is 94.3 Å². The van der Waals surface area contributed by atoms with E-state index < -0.39 is 5.97 Å². The highest BCUT2D eigenvalue weighted by Gasteiger charge is 2.28. The van der Waals surface area contributed by atoms with Gasteiger partial charge in [-0.15, -0.1) is 0 Å². The maximum absolute atomic E-state index is 12.2. The molecule has 2 rings (SSSR count). The van der Waals surface area contributed by atoms with Crippen molar-refractivity contribution in [1.29, 1.82) is 0 Å². The SMILES string of the molecule is CCOC(=O)c1c(Nc2cc(C)ncn2)oc(C)c1C(C)=O. The van der Waals surface area contributed by atoms with Gasteiger partial charge in [0.1, 0.15) is 23.5 Å². The van der Waals surface area contributed by atoms with Crippen molar-refractivity contribution >= 4 is 23.5 Å². The summed E-state index contributed by atoms with van der Waals surface area (Å²) in [7, 11) is 0. The van der Waals surface area contributed by atoms with E-state index in [2.05, 4.69) is 15.3 Å². The van der Waals surface area contributed by atoms with E-state index in [1.54, 1.807) is 19.9 Å². The normalized spacial score (nSPS) is 10.4. The van der Waals surface area contributed by atoms with Crippen molar-refractivity contribution in [2.24, 2.45) is 0 Å². The summed E-state index contributed by atoms with van der Waals surface area (Å²) in [5.74, 6) is 0.0685. The van der Waals surface area contributed by atoms with Gasteiger partial charge >= 0.3 is 5.97 Å². The van der Waals surface area contributed by atoms with E-state index >= 15 is 0 Å². The van der Waals surface area contributed by atoms with E-state index in [0.717, 1.165) is 5.69 Å². The Balaban J connectivity index is 2.48. The fourth-order valence-electron chi connectivity index (χ4n) is 2.09. The highest BCUT2D eigenvalue weighted by atomic mass is 16.5. The molecule has 7 heteroatoms. The molecule has 0 fully saturated rings. The Morgan fingerprint density at radius 2 is 2.00 bits per heavy atom. The number of anilines is 2. The molecule has 0 radical (unpaired) electrons. The average molecular weight is 303 g/mol. The van der Waals surface area contributed by atoms with Crippen molar-refractivity contribution < 1.29 is 18.7 Å². The van der Waals surface area contributed by atoms with Crippen LogP contribution in [0.2, 0.25) is 0 Å². The van der Waals surface area contributed by atoms with Gasteiger partial charge in [0.2, 0.25) is 5.88 Å². The summed E-state index contributed by atoms with van der Waals surface area (Å²) in [5, 5.41) is 2.90. The summed E-state index contributed by atoms with van der Waals surface area (Å²) >= 11 is 0. The second kappa shape index (κ2) is 6.38. The maximum Gasteiger partial charge on any atom is 0.344 e. The fraction of sp³-hybridized carbons (Fsp3) is 0.333. The van der Waals surface area contributed by atoms with Crippen LogP contribution < -0.4 is 5.32 Å². The van der Waals surface area contributed by atoms with Crippen LogP contribution in [0.1, 0.15) is 46.0 Å². The molecule has 22 heavy (non-hydrogen) atoms. The molecule has 2 aromatic rings.